The average molecular weight is 288 g/mol. The maximum atomic E-state index is 12.2. The van der Waals surface area contributed by atoms with Gasteiger partial charge in [-0.3, -0.25) is 4.79 Å². The van der Waals surface area contributed by atoms with E-state index in [2.05, 4.69) is 0 Å². The molecular formula is C16H20N2O3. The maximum Gasteiger partial charge on any atom is 0.263 e. The van der Waals surface area contributed by atoms with Crippen LogP contribution in [0.2, 0.25) is 0 Å². The molecule has 1 fully saturated rings. The van der Waals surface area contributed by atoms with Gasteiger partial charge in [-0.05, 0) is 25.5 Å². The quantitative estimate of drug-likeness (QED) is 0.895. The number of para-hydroxylation sites is 1. The van der Waals surface area contributed by atoms with Gasteiger partial charge < -0.3 is 14.7 Å². The summed E-state index contributed by atoms with van der Waals surface area (Å²) in [5.41, 5.74) is -0.336. The van der Waals surface area contributed by atoms with Gasteiger partial charge in [-0.25, -0.2) is 0 Å². The topological polar surface area (TPSA) is 73.6 Å². The fraction of sp³-hybridized carbons (Fsp3) is 0.500. The number of nitrogens with zero attached hydrogens (tertiary/aromatic N) is 2. The fourth-order valence-electron chi connectivity index (χ4n) is 2.60. The predicted molar refractivity (Wildman–Crippen MR) is 77.7 cm³/mol. The van der Waals surface area contributed by atoms with Crippen molar-refractivity contribution < 1.29 is 14.6 Å². The second kappa shape index (κ2) is 6.15. The molecule has 1 unspecified atom stereocenters. The van der Waals surface area contributed by atoms with E-state index in [1.807, 2.05) is 13.0 Å². The van der Waals surface area contributed by atoms with Gasteiger partial charge in [-0.2, -0.15) is 5.26 Å². The molecular weight excluding hydrogens is 268 g/mol. The Kier molecular flexibility index (Phi) is 4.49. The van der Waals surface area contributed by atoms with E-state index < -0.39 is 11.7 Å². The Morgan fingerprint density at radius 2 is 2.19 bits per heavy atom. The molecule has 1 atom stereocenters. The Bertz CT molecular complexity index is 559. The Balaban J connectivity index is 1.94. The van der Waals surface area contributed by atoms with E-state index in [9.17, 15) is 9.90 Å². The summed E-state index contributed by atoms with van der Waals surface area (Å²) in [7, 11) is 0. The first kappa shape index (κ1) is 15.3. The summed E-state index contributed by atoms with van der Waals surface area (Å²) in [5, 5.41) is 19.1. The second-order valence-electron chi connectivity index (χ2n) is 5.54. The van der Waals surface area contributed by atoms with Crippen LogP contribution >= 0.6 is 0 Å². The number of hydrogen-bond acceptors (Lipinski definition) is 4. The molecule has 1 amide bonds. The van der Waals surface area contributed by atoms with E-state index in [4.69, 9.17) is 10.00 Å². The van der Waals surface area contributed by atoms with Crippen molar-refractivity contribution >= 4 is 5.91 Å². The van der Waals surface area contributed by atoms with Gasteiger partial charge in [0.05, 0.1) is 24.3 Å². The van der Waals surface area contributed by atoms with Crippen LogP contribution in [0.5, 0.6) is 5.75 Å². The summed E-state index contributed by atoms with van der Waals surface area (Å²) in [4.78, 5) is 13.8. The van der Waals surface area contributed by atoms with Crippen LogP contribution in [0.3, 0.4) is 0 Å². The van der Waals surface area contributed by atoms with E-state index in [0.29, 0.717) is 30.8 Å². The highest BCUT2D eigenvalue weighted by atomic mass is 16.5. The molecule has 5 nitrogen and oxygen atoms in total. The number of hydrogen-bond donors (Lipinski definition) is 1. The van der Waals surface area contributed by atoms with Crippen LogP contribution in [-0.2, 0) is 4.79 Å². The van der Waals surface area contributed by atoms with E-state index >= 15 is 0 Å². The lowest BCUT2D eigenvalue weighted by molar-refractivity contribution is -0.162. The summed E-state index contributed by atoms with van der Waals surface area (Å²) < 4.78 is 5.59. The van der Waals surface area contributed by atoms with E-state index in [1.54, 1.807) is 36.1 Å². The van der Waals surface area contributed by atoms with Crippen LogP contribution < -0.4 is 4.74 Å². The summed E-state index contributed by atoms with van der Waals surface area (Å²) >= 11 is 0. The van der Waals surface area contributed by atoms with Crippen molar-refractivity contribution in [2.24, 2.45) is 0 Å². The van der Waals surface area contributed by atoms with Crippen molar-refractivity contribution in [1.82, 2.24) is 4.90 Å². The average Bonchev–Trinajstić information content (AvgIpc) is 2.44. The van der Waals surface area contributed by atoms with Crippen molar-refractivity contribution in [3.8, 4) is 11.8 Å². The van der Waals surface area contributed by atoms with E-state index in [0.717, 1.165) is 6.42 Å². The zero-order valence-corrected chi connectivity index (χ0v) is 12.4. The lowest BCUT2D eigenvalue weighted by Crippen LogP contribution is -2.65. The maximum absolute atomic E-state index is 12.2. The molecule has 0 spiro atoms. The van der Waals surface area contributed by atoms with Gasteiger partial charge >= 0.3 is 0 Å². The van der Waals surface area contributed by atoms with Gasteiger partial charge in [-0.15, -0.1) is 0 Å². The molecule has 1 heterocycles. The molecule has 0 radical (unpaired) electrons. The molecule has 1 aromatic rings. The molecule has 1 N–H and O–H groups in total. The van der Waals surface area contributed by atoms with Crippen molar-refractivity contribution in [1.29, 1.82) is 5.26 Å². The number of carbonyl (C=O) groups excluding carboxylic acids is 1. The first-order valence-corrected chi connectivity index (χ1v) is 7.16. The van der Waals surface area contributed by atoms with Crippen LogP contribution in [0.1, 0.15) is 32.3 Å². The number of benzene rings is 1. The van der Waals surface area contributed by atoms with Gasteiger partial charge in [0.1, 0.15) is 11.8 Å². The molecule has 0 saturated carbocycles. The zero-order chi connectivity index (χ0) is 15.5. The normalized spacial score (nSPS) is 17.5. The van der Waals surface area contributed by atoms with Gasteiger partial charge in [0, 0.05) is 0 Å². The first-order valence-electron chi connectivity index (χ1n) is 7.16. The number of aliphatic hydroxyl groups is 1. The smallest absolute Gasteiger partial charge is 0.263 e. The van der Waals surface area contributed by atoms with Gasteiger partial charge in [-0.1, -0.05) is 25.5 Å². The van der Waals surface area contributed by atoms with Crippen LogP contribution in [0, 0.1) is 11.3 Å². The minimum Gasteiger partial charge on any atom is -0.480 e. The third kappa shape index (κ3) is 3.34. The lowest BCUT2D eigenvalue weighted by Gasteiger charge is -2.47. The number of carbonyl (C=O) groups is 1. The highest BCUT2D eigenvalue weighted by Gasteiger charge is 2.44. The number of ether oxygens (including phenoxy) is 1. The van der Waals surface area contributed by atoms with Gasteiger partial charge in [0.2, 0.25) is 0 Å². The molecule has 21 heavy (non-hydrogen) atoms. The van der Waals surface area contributed by atoms with Crippen molar-refractivity contribution in [3.05, 3.63) is 29.8 Å². The van der Waals surface area contributed by atoms with Gasteiger partial charge in [0.15, 0.2) is 6.10 Å². The molecule has 1 saturated heterocycles. The number of β-amino-alcohol motifs (C(OH)–C–C–N with tert-alkyl or cyclic N) is 1. The molecule has 2 rings (SSSR count). The molecule has 0 aliphatic carbocycles. The summed E-state index contributed by atoms with van der Waals surface area (Å²) in [6, 6.07) is 8.87. The Labute approximate surface area is 124 Å². The van der Waals surface area contributed by atoms with E-state index in [1.165, 1.54) is 0 Å². The van der Waals surface area contributed by atoms with Crippen LogP contribution in [0.25, 0.3) is 0 Å². The molecule has 1 aliphatic rings. The molecule has 1 aliphatic heterocycles. The largest absolute Gasteiger partial charge is 0.480 e. The van der Waals surface area contributed by atoms with Crippen molar-refractivity contribution in [2.75, 3.05) is 13.1 Å². The minimum absolute atomic E-state index is 0.163. The second-order valence-corrected chi connectivity index (χ2v) is 5.54. The Hall–Kier alpha value is -2.06. The van der Waals surface area contributed by atoms with Crippen LogP contribution in [-0.4, -0.2) is 40.7 Å². The summed E-state index contributed by atoms with van der Waals surface area (Å²) in [6.45, 7) is 4.38. The molecule has 112 valence electrons. The highest BCUT2D eigenvalue weighted by molar-refractivity contribution is 5.82. The standard InChI is InChI=1S/C16H20N2O3/c1-3-8-16(20)10-18(11-16)15(19)12(2)21-14-7-5-4-6-13(14)9-17/h4-7,12,20H,3,8,10-11H2,1-2H3. The Morgan fingerprint density at radius 3 is 2.81 bits per heavy atom. The number of likely N-dealkylation sites (tertiary alicyclic amines) is 1. The molecule has 0 aromatic heterocycles. The zero-order valence-electron chi connectivity index (χ0n) is 12.4. The number of amides is 1. The first-order chi connectivity index (χ1) is 9.99. The minimum atomic E-state index is -0.741. The van der Waals surface area contributed by atoms with E-state index in [-0.39, 0.29) is 5.91 Å². The van der Waals surface area contributed by atoms with Gasteiger partial charge in [0.25, 0.3) is 5.91 Å². The SMILES string of the molecule is CCCC1(O)CN(C(=O)C(C)Oc2ccccc2C#N)C1. The number of rotatable bonds is 5. The summed E-state index contributed by atoms with van der Waals surface area (Å²) in [6.07, 6.45) is 0.911. The monoisotopic (exact) mass is 288 g/mol. The molecule has 0 bridgehead atoms. The van der Waals surface area contributed by atoms with Crippen molar-refractivity contribution in [2.45, 2.75) is 38.4 Å². The fourth-order valence-corrected chi connectivity index (χ4v) is 2.60. The highest BCUT2D eigenvalue weighted by Crippen LogP contribution is 2.27. The molecule has 5 heteroatoms. The molecule has 1 aromatic carbocycles. The Morgan fingerprint density at radius 1 is 1.52 bits per heavy atom. The predicted octanol–water partition coefficient (Wildman–Crippen LogP) is 1.70. The third-order valence-electron chi connectivity index (χ3n) is 3.66. The van der Waals surface area contributed by atoms with Crippen LogP contribution in [0.4, 0.5) is 0 Å². The lowest BCUT2D eigenvalue weighted by atomic mass is 9.89. The van der Waals surface area contributed by atoms with Crippen LogP contribution in [0.15, 0.2) is 24.3 Å². The summed E-state index contributed by atoms with van der Waals surface area (Å²) in [5.74, 6) is 0.244. The third-order valence-corrected chi connectivity index (χ3v) is 3.66. The van der Waals surface area contributed by atoms with Crippen molar-refractivity contribution in [3.63, 3.8) is 0 Å². The number of nitriles is 1.